The van der Waals surface area contributed by atoms with Crippen molar-refractivity contribution < 1.29 is 21.6 Å². The Morgan fingerprint density at radius 2 is 2.00 bits per heavy atom. The van der Waals surface area contributed by atoms with Crippen LogP contribution in [0.5, 0.6) is 0 Å². The molecular weight excluding hydrogens is 402 g/mol. The molecule has 0 radical (unpaired) electrons. The van der Waals surface area contributed by atoms with E-state index in [1.807, 2.05) is 0 Å². The number of hydrogen-bond donors (Lipinski definition) is 0. The summed E-state index contributed by atoms with van der Waals surface area (Å²) < 4.78 is 61.6. The molecule has 18 heavy (non-hydrogen) atoms. The molecule has 1 unspecified atom stereocenters. The van der Waals surface area contributed by atoms with Crippen molar-refractivity contribution in [3.63, 3.8) is 0 Å². The van der Waals surface area contributed by atoms with Crippen LogP contribution in [0.4, 0.5) is 13.2 Å². The molecule has 1 aromatic rings. The van der Waals surface area contributed by atoms with Crippen LogP contribution in [0.1, 0.15) is 6.42 Å². The van der Waals surface area contributed by atoms with Gasteiger partial charge in [-0.3, -0.25) is 0 Å². The molecule has 0 aliphatic carbocycles. The summed E-state index contributed by atoms with van der Waals surface area (Å²) in [6, 6.07) is 0. The first-order valence-corrected chi connectivity index (χ1v) is 8.26. The molecule has 1 rings (SSSR count). The van der Waals surface area contributed by atoms with Crippen LogP contribution in [0, 0.1) is 0 Å². The topological polar surface area (TPSA) is 47.0 Å². The van der Waals surface area contributed by atoms with Crippen LogP contribution >= 0.6 is 50.5 Å². The summed E-state index contributed by atoms with van der Waals surface area (Å²) in [6.45, 7) is 0. The third-order valence-corrected chi connectivity index (χ3v) is 6.41. The molecule has 0 aliphatic rings. The number of nitrogens with zero attached hydrogens (tertiary/aromatic N) is 1. The van der Waals surface area contributed by atoms with E-state index >= 15 is 0 Å². The molecule has 0 N–H and O–H groups in total. The molecule has 0 bridgehead atoms. The van der Waals surface area contributed by atoms with E-state index in [1.54, 1.807) is 15.9 Å². The van der Waals surface area contributed by atoms with Gasteiger partial charge in [-0.15, -0.1) is 0 Å². The first-order valence-electron chi connectivity index (χ1n) is 4.24. The van der Waals surface area contributed by atoms with Gasteiger partial charge in [-0.1, -0.05) is 34.5 Å². The van der Waals surface area contributed by atoms with Gasteiger partial charge in [0.15, 0.2) is 0 Å². The van der Waals surface area contributed by atoms with Crippen molar-refractivity contribution >= 4 is 60.3 Å². The monoisotopic (exact) mass is 405 g/mol. The summed E-state index contributed by atoms with van der Waals surface area (Å²) in [5.41, 5.74) is 0. The molecule has 1 atom stereocenters. The summed E-state index contributed by atoms with van der Waals surface area (Å²) in [5.74, 6) is -0.905. The van der Waals surface area contributed by atoms with Crippen LogP contribution in [-0.2, 0) is 9.84 Å². The van der Waals surface area contributed by atoms with Crippen LogP contribution in [0.2, 0.25) is 4.34 Å². The maximum Gasteiger partial charge on any atom is 0.348 e. The largest absolute Gasteiger partial charge is 0.348 e. The maximum atomic E-state index is 13.3. The lowest BCUT2D eigenvalue weighted by Crippen LogP contribution is -2.35. The molecule has 0 spiro atoms. The quantitative estimate of drug-likeness (QED) is 0.697. The Kier molecular flexibility index (Phi) is 4.97. The first kappa shape index (κ1) is 16.5. The first-order chi connectivity index (χ1) is 7.96. The van der Waals surface area contributed by atoms with Gasteiger partial charge in [0.25, 0.3) is 5.13 Å². The number of thiazole rings is 1. The normalized spacial score (nSPS) is 16.6. The van der Waals surface area contributed by atoms with E-state index in [0.29, 0.717) is 11.3 Å². The van der Waals surface area contributed by atoms with Gasteiger partial charge < -0.3 is 0 Å². The van der Waals surface area contributed by atoms with E-state index < -0.39 is 32.0 Å². The summed E-state index contributed by atoms with van der Waals surface area (Å²) in [7, 11) is -3.99. The Hall–Kier alpha value is 0.430. The Balaban J connectivity index is 2.81. The van der Waals surface area contributed by atoms with Gasteiger partial charge in [-0.25, -0.2) is 17.8 Å². The van der Waals surface area contributed by atoms with Crippen molar-refractivity contribution in [3.05, 3.63) is 10.5 Å². The molecule has 0 saturated carbocycles. The van der Waals surface area contributed by atoms with Crippen LogP contribution in [-0.4, -0.2) is 29.1 Å². The minimum atomic E-state index is -4.03. The SMILES string of the molecule is O=S(=O)(CCC(F)(Cl)C(F)(F)Br)c1ncc(Cl)s1. The lowest BCUT2D eigenvalue weighted by atomic mass is 10.3. The molecular formula is C7H5BrCl2F3NO2S2. The van der Waals surface area contributed by atoms with Crippen LogP contribution in [0.3, 0.4) is 0 Å². The highest BCUT2D eigenvalue weighted by Gasteiger charge is 2.52. The predicted octanol–water partition coefficient (Wildman–Crippen LogP) is 3.85. The van der Waals surface area contributed by atoms with Gasteiger partial charge in [0.1, 0.15) is 4.34 Å². The highest BCUT2D eigenvalue weighted by molar-refractivity contribution is 9.10. The van der Waals surface area contributed by atoms with E-state index in [9.17, 15) is 21.6 Å². The summed E-state index contributed by atoms with van der Waals surface area (Å²) in [4.78, 5) is -0.546. The van der Waals surface area contributed by atoms with E-state index in [2.05, 4.69) is 4.98 Å². The smallest absolute Gasteiger partial charge is 0.232 e. The molecule has 0 saturated heterocycles. The predicted molar refractivity (Wildman–Crippen MR) is 67.4 cm³/mol. The second kappa shape index (κ2) is 5.43. The fourth-order valence-electron chi connectivity index (χ4n) is 0.875. The van der Waals surface area contributed by atoms with E-state index in [-0.39, 0.29) is 8.68 Å². The number of aromatic nitrogens is 1. The van der Waals surface area contributed by atoms with Crippen LogP contribution in [0.25, 0.3) is 0 Å². The van der Waals surface area contributed by atoms with Crippen molar-refractivity contribution in [1.29, 1.82) is 0 Å². The minimum Gasteiger partial charge on any atom is -0.232 e. The standard InChI is InChI=1S/C7H5BrCl2F3NO2S2/c8-7(12,13)6(10,11)1-2-18(15,16)5-14-3-4(9)17-5/h3H,1-2H2. The van der Waals surface area contributed by atoms with E-state index in [1.165, 1.54) is 0 Å². The van der Waals surface area contributed by atoms with Crippen molar-refractivity contribution in [2.24, 2.45) is 0 Å². The Bertz CT molecular complexity index is 529. The molecule has 104 valence electrons. The summed E-state index contributed by atoms with van der Waals surface area (Å²) in [5, 5.41) is -3.50. The third kappa shape index (κ3) is 3.96. The number of alkyl halides is 5. The lowest BCUT2D eigenvalue weighted by Gasteiger charge is -2.22. The van der Waals surface area contributed by atoms with Crippen molar-refractivity contribution in [2.45, 2.75) is 20.7 Å². The zero-order valence-electron chi connectivity index (χ0n) is 8.34. The number of hydrogen-bond acceptors (Lipinski definition) is 4. The second-order valence-electron chi connectivity index (χ2n) is 3.20. The van der Waals surface area contributed by atoms with Crippen molar-refractivity contribution in [1.82, 2.24) is 4.98 Å². The number of sulfone groups is 1. The Morgan fingerprint density at radius 3 is 2.39 bits per heavy atom. The van der Waals surface area contributed by atoms with E-state index in [0.717, 1.165) is 6.20 Å². The Labute approximate surface area is 123 Å². The molecule has 11 heteroatoms. The maximum absolute atomic E-state index is 13.3. The average molecular weight is 407 g/mol. The zero-order chi connectivity index (χ0) is 14.2. The van der Waals surface area contributed by atoms with Crippen molar-refractivity contribution in [2.75, 3.05) is 5.75 Å². The highest BCUT2D eigenvalue weighted by Crippen LogP contribution is 2.44. The molecule has 0 fully saturated rings. The van der Waals surface area contributed by atoms with Gasteiger partial charge in [-0.2, -0.15) is 8.78 Å². The fraction of sp³-hybridized carbons (Fsp3) is 0.571. The van der Waals surface area contributed by atoms with Crippen LogP contribution in [0.15, 0.2) is 10.5 Å². The van der Waals surface area contributed by atoms with Crippen LogP contribution < -0.4 is 0 Å². The minimum absolute atomic E-state index is 0.122. The molecule has 1 heterocycles. The van der Waals surface area contributed by atoms with Crippen molar-refractivity contribution in [3.8, 4) is 0 Å². The summed E-state index contributed by atoms with van der Waals surface area (Å²) in [6.07, 6.45) is 0.00786. The zero-order valence-corrected chi connectivity index (χ0v) is 13.1. The molecule has 3 nitrogen and oxygen atoms in total. The van der Waals surface area contributed by atoms with Gasteiger partial charge in [0.2, 0.25) is 14.2 Å². The Morgan fingerprint density at radius 1 is 1.44 bits per heavy atom. The number of rotatable bonds is 5. The number of halogens is 6. The van der Waals surface area contributed by atoms with Gasteiger partial charge >= 0.3 is 4.83 Å². The van der Waals surface area contributed by atoms with Gasteiger partial charge in [0.05, 0.1) is 11.9 Å². The lowest BCUT2D eigenvalue weighted by molar-refractivity contribution is -0.00634. The molecule has 1 aromatic heterocycles. The highest BCUT2D eigenvalue weighted by atomic mass is 79.9. The van der Waals surface area contributed by atoms with E-state index in [4.69, 9.17) is 23.2 Å². The molecule has 0 aromatic carbocycles. The third-order valence-electron chi connectivity index (χ3n) is 1.82. The second-order valence-corrected chi connectivity index (χ2v) is 8.74. The van der Waals surface area contributed by atoms with Gasteiger partial charge in [-0.05, 0) is 15.9 Å². The average Bonchev–Trinajstić information content (AvgIpc) is 2.61. The summed E-state index contributed by atoms with van der Waals surface area (Å²) >= 11 is 12.8. The van der Waals surface area contributed by atoms with Gasteiger partial charge in [0, 0.05) is 6.42 Å². The molecule has 0 aliphatic heterocycles. The fourth-order valence-corrected chi connectivity index (χ4v) is 4.03. The molecule has 0 amide bonds.